The fourth-order valence-corrected chi connectivity index (χ4v) is 2.14. The van der Waals surface area contributed by atoms with Gasteiger partial charge in [0, 0.05) is 11.6 Å². The van der Waals surface area contributed by atoms with Gasteiger partial charge in [-0.15, -0.1) is 6.58 Å². The van der Waals surface area contributed by atoms with Crippen molar-refractivity contribution in [1.82, 2.24) is 5.43 Å². The number of hydrazine groups is 1. The van der Waals surface area contributed by atoms with Crippen LogP contribution in [0.2, 0.25) is 0 Å². The molecule has 0 bridgehead atoms. The van der Waals surface area contributed by atoms with Crippen LogP contribution < -0.4 is 11.3 Å². The third kappa shape index (κ3) is 4.36. The van der Waals surface area contributed by atoms with Gasteiger partial charge in [-0.1, -0.05) is 18.9 Å². The topological polar surface area (TPSA) is 51.2 Å². The minimum atomic E-state index is 0.205. The smallest absolute Gasteiger partial charge is 0.105 e. The molecule has 0 amide bonds. The Morgan fingerprint density at radius 3 is 2.71 bits per heavy atom. The van der Waals surface area contributed by atoms with E-state index in [0.717, 1.165) is 24.4 Å². The molecule has 3 nitrogen and oxygen atoms in total. The molecule has 17 heavy (non-hydrogen) atoms. The second-order valence-electron chi connectivity index (χ2n) is 4.51. The van der Waals surface area contributed by atoms with Crippen LogP contribution in [0.25, 0.3) is 0 Å². The number of unbranched alkanes of at least 4 members (excludes halogenated alkanes) is 3. The molecular weight excluding hydrogens is 212 g/mol. The molecule has 0 aliphatic rings. The van der Waals surface area contributed by atoms with Crippen LogP contribution >= 0.6 is 0 Å². The normalized spacial score (nSPS) is 12.6. The highest BCUT2D eigenvalue weighted by atomic mass is 16.3. The Balaban J connectivity index is 2.43. The lowest BCUT2D eigenvalue weighted by atomic mass is 10.0. The van der Waals surface area contributed by atoms with Crippen LogP contribution in [0, 0.1) is 13.8 Å². The SMILES string of the molecule is C=CCCCCCC(NN)c1cc(C)oc1C. The standard InChI is InChI=1S/C14H24N2O/c1-4-5-6-7-8-9-14(16-15)13-10-11(2)17-12(13)3/h4,10,14,16H,1,5-9,15H2,2-3H3. The predicted molar refractivity (Wildman–Crippen MR) is 71.5 cm³/mol. The van der Waals surface area contributed by atoms with E-state index in [2.05, 4.69) is 18.1 Å². The van der Waals surface area contributed by atoms with E-state index in [1.54, 1.807) is 0 Å². The number of hydrogen-bond acceptors (Lipinski definition) is 3. The first-order valence-electron chi connectivity index (χ1n) is 6.33. The van der Waals surface area contributed by atoms with Gasteiger partial charge in [0.1, 0.15) is 11.5 Å². The van der Waals surface area contributed by atoms with Gasteiger partial charge in [0.2, 0.25) is 0 Å². The largest absolute Gasteiger partial charge is 0.466 e. The van der Waals surface area contributed by atoms with Gasteiger partial charge in [0.05, 0.1) is 0 Å². The average molecular weight is 236 g/mol. The van der Waals surface area contributed by atoms with E-state index in [0.29, 0.717) is 0 Å². The maximum atomic E-state index is 5.62. The highest BCUT2D eigenvalue weighted by Crippen LogP contribution is 2.25. The van der Waals surface area contributed by atoms with E-state index >= 15 is 0 Å². The minimum absolute atomic E-state index is 0.205. The zero-order valence-corrected chi connectivity index (χ0v) is 11.0. The summed E-state index contributed by atoms with van der Waals surface area (Å²) in [5.41, 5.74) is 4.07. The summed E-state index contributed by atoms with van der Waals surface area (Å²) in [5, 5.41) is 0. The fourth-order valence-electron chi connectivity index (χ4n) is 2.14. The van der Waals surface area contributed by atoms with E-state index in [1.807, 2.05) is 19.9 Å². The molecule has 1 atom stereocenters. The summed E-state index contributed by atoms with van der Waals surface area (Å²) in [4.78, 5) is 0. The van der Waals surface area contributed by atoms with Crippen LogP contribution in [0.15, 0.2) is 23.1 Å². The molecule has 0 saturated carbocycles. The quantitative estimate of drug-likeness (QED) is 0.314. The van der Waals surface area contributed by atoms with E-state index in [4.69, 9.17) is 10.3 Å². The molecule has 1 aromatic rings. The van der Waals surface area contributed by atoms with E-state index in [1.165, 1.54) is 24.8 Å². The van der Waals surface area contributed by atoms with Crippen molar-refractivity contribution in [3.63, 3.8) is 0 Å². The first kappa shape index (κ1) is 14.0. The maximum absolute atomic E-state index is 5.62. The summed E-state index contributed by atoms with van der Waals surface area (Å²) in [6, 6.07) is 2.28. The number of rotatable bonds is 8. The zero-order valence-electron chi connectivity index (χ0n) is 11.0. The molecule has 0 fully saturated rings. The lowest BCUT2D eigenvalue weighted by molar-refractivity contribution is 0.460. The summed E-state index contributed by atoms with van der Waals surface area (Å²) >= 11 is 0. The Bertz CT molecular complexity index is 344. The molecular formula is C14H24N2O. The first-order chi connectivity index (χ1) is 8.19. The first-order valence-corrected chi connectivity index (χ1v) is 6.33. The summed E-state index contributed by atoms with van der Waals surface area (Å²) in [7, 11) is 0. The molecule has 96 valence electrons. The van der Waals surface area contributed by atoms with Crippen molar-refractivity contribution in [2.75, 3.05) is 0 Å². The van der Waals surface area contributed by atoms with Crippen LogP contribution in [0.3, 0.4) is 0 Å². The van der Waals surface area contributed by atoms with Gasteiger partial charge in [-0.05, 0) is 39.2 Å². The average Bonchev–Trinajstić information content (AvgIpc) is 2.63. The van der Waals surface area contributed by atoms with E-state index in [-0.39, 0.29) is 6.04 Å². The van der Waals surface area contributed by atoms with Gasteiger partial charge in [-0.25, -0.2) is 0 Å². The lowest BCUT2D eigenvalue weighted by Gasteiger charge is -2.14. The third-order valence-electron chi connectivity index (χ3n) is 3.06. The molecule has 3 heteroatoms. The van der Waals surface area contributed by atoms with Crippen molar-refractivity contribution >= 4 is 0 Å². The van der Waals surface area contributed by atoms with Crippen LogP contribution in [-0.4, -0.2) is 0 Å². The molecule has 0 saturated heterocycles. The van der Waals surface area contributed by atoms with E-state index < -0.39 is 0 Å². The Hall–Kier alpha value is -1.06. The van der Waals surface area contributed by atoms with Crippen molar-refractivity contribution in [3.05, 3.63) is 35.8 Å². The maximum Gasteiger partial charge on any atom is 0.105 e. The van der Waals surface area contributed by atoms with Crippen LogP contribution in [0.4, 0.5) is 0 Å². The van der Waals surface area contributed by atoms with E-state index in [9.17, 15) is 0 Å². The molecule has 0 aromatic carbocycles. The lowest BCUT2D eigenvalue weighted by Crippen LogP contribution is -2.28. The highest BCUT2D eigenvalue weighted by Gasteiger charge is 2.15. The van der Waals surface area contributed by atoms with Gasteiger partial charge < -0.3 is 4.42 Å². The molecule has 3 N–H and O–H groups in total. The fraction of sp³-hybridized carbons (Fsp3) is 0.571. The number of nitrogens with one attached hydrogen (secondary N) is 1. The highest BCUT2D eigenvalue weighted by molar-refractivity contribution is 5.23. The van der Waals surface area contributed by atoms with Crippen LogP contribution in [-0.2, 0) is 0 Å². The minimum Gasteiger partial charge on any atom is -0.466 e. The Labute approximate surface area is 104 Å². The van der Waals surface area contributed by atoms with Crippen molar-refractivity contribution < 1.29 is 4.42 Å². The second kappa shape index (κ2) is 7.30. The molecule has 1 unspecified atom stereocenters. The predicted octanol–water partition coefficient (Wildman–Crippen LogP) is 3.54. The molecule has 1 aromatic heterocycles. The number of furan rings is 1. The molecule has 0 radical (unpaired) electrons. The van der Waals surface area contributed by atoms with Gasteiger partial charge >= 0.3 is 0 Å². The zero-order chi connectivity index (χ0) is 12.7. The van der Waals surface area contributed by atoms with Gasteiger partial charge in [-0.2, -0.15) is 0 Å². The van der Waals surface area contributed by atoms with Crippen LogP contribution in [0.5, 0.6) is 0 Å². The van der Waals surface area contributed by atoms with Gasteiger partial charge in [0.25, 0.3) is 0 Å². The Kier molecular flexibility index (Phi) is 6.01. The summed E-state index contributed by atoms with van der Waals surface area (Å²) in [5.74, 6) is 7.53. The Morgan fingerprint density at radius 1 is 1.41 bits per heavy atom. The van der Waals surface area contributed by atoms with Gasteiger partial charge in [-0.3, -0.25) is 11.3 Å². The monoisotopic (exact) mass is 236 g/mol. The summed E-state index contributed by atoms with van der Waals surface area (Å²) in [6.07, 6.45) is 7.73. The number of hydrogen-bond donors (Lipinski definition) is 2. The van der Waals surface area contributed by atoms with Gasteiger partial charge in [0.15, 0.2) is 0 Å². The molecule has 0 aliphatic heterocycles. The Morgan fingerprint density at radius 2 is 2.18 bits per heavy atom. The summed E-state index contributed by atoms with van der Waals surface area (Å²) in [6.45, 7) is 7.68. The van der Waals surface area contributed by atoms with Crippen molar-refractivity contribution in [2.45, 2.75) is 52.0 Å². The van der Waals surface area contributed by atoms with Crippen molar-refractivity contribution in [1.29, 1.82) is 0 Å². The van der Waals surface area contributed by atoms with Crippen molar-refractivity contribution in [2.24, 2.45) is 5.84 Å². The molecule has 1 heterocycles. The molecule has 0 aliphatic carbocycles. The molecule has 0 spiro atoms. The second-order valence-corrected chi connectivity index (χ2v) is 4.51. The number of nitrogens with two attached hydrogens (primary N) is 1. The van der Waals surface area contributed by atoms with Crippen molar-refractivity contribution in [3.8, 4) is 0 Å². The van der Waals surface area contributed by atoms with Crippen LogP contribution in [0.1, 0.15) is 55.2 Å². The summed E-state index contributed by atoms with van der Waals surface area (Å²) < 4.78 is 5.53. The number of allylic oxidation sites excluding steroid dienone is 1. The third-order valence-corrected chi connectivity index (χ3v) is 3.06. The molecule has 1 rings (SSSR count). The number of aryl methyl sites for hydroxylation is 2.